The van der Waals surface area contributed by atoms with Crippen molar-refractivity contribution in [2.75, 3.05) is 31.2 Å². The van der Waals surface area contributed by atoms with Gasteiger partial charge >= 0.3 is 6.09 Å². The molecule has 3 unspecified atom stereocenters. The van der Waals surface area contributed by atoms with Crippen LogP contribution in [0.15, 0.2) is 6.07 Å². The minimum Gasteiger partial charge on any atom is -0.445 e. The quantitative estimate of drug-likeness (QED) is 0.318. The first-order chi connectivity index (χ1) is 19.5. The van der Waals surface area contributed by atoms with Gasteiger partial charge in [0.2, 0.25) is 0 Å². The molecule has 3 N–H and O–H groups in total. The van der Waals surface area contributed by atoms with Crippen LogP contribution in [0.1, 0.15) is 101 Å². The Labute approximate surface area is 248 Å². The molecule has 2 saturated heterocycles. The molecule has 5 aliphatic rings. The van der Waals surface area contributed by atoms with E-state index in [1.165, 1.54) is 24.2 Å². The van der Waals surface area contributed by atoms with Gasteiger partial charge in [-0.05, 0) is 96.5 Å². The molecule has 1 amide bonds. The minimum atomic E-state index is -1.66. The van der Waals surface area contributed by atoms with Crippen LogP contribution < -0.4 is 4.90 Å². The Morgan fingerprint density at radius 2 is 1.83 bits per heavy atom. The van der Waals surface area contributed by atoms with Gasteiger partial charge in [0.25, 0.3) is 0 Å². The van der Waals surface area contributed by atoms with Crippen molar-refractivity contribution in [1.82, 2.24) is 4.90 Å². The average Bonchev–Trinajstić information content (AvgIpc) is 3.68. The van der Waals surface area contributed by atoms with E-state index in [0.29, 0.717) is 48.5 Å². The van der Waals surface area contributed by atoms with Crippen LogP contribution in [0.3, 0.4) is 0 Å². The molecule has 5 fully saturated rings. The molecule has 3 aliphatic carbocycles. The lowest BCUT2D eigenvalue weighted by molar-refractivity contribution is -0.0397. The van der Waals surface area contributed by atoms with Gasteiger partial charge in [-0.15, -0.1) is 11.3 Å². The summed E-state index contributed by atoms with van der Waals surface area (Å²) in [5.41, 5.74) is 1.03. The van der Waals surface area contributed by atoms with Gasteiger partial charge in [-0.3, -0.25) is 0 Å². The van der Waals surface area contributed by atoms with Crippen molar-refractivity contribution in [3.63, 3.8) is 0 Å². The van der Waals surface area contributed by atoms with Crippen molar-refractivity contribution in [1.29, 1.82) is 0 Å². The summed E-state index contributed by atoms with van der Waals surface area (Å²) in [6.07, 6.45) is 7.39. The third-order valence-corrected chi connectivity index (χ3v) is 11.3. The normalized spacial score (nSPS) is 28.6. The number of rotatable bonds is 6. The van der Waals surface area contributed by atoms with Crippen LogP contribution in [0.4, 0.5) is 10.5 Å². The predicted octanol–water partition coefficient (Wildman–Crippen LogP) is 5.00. The van der Waals surface area contributed by atoms with Gasteiger partial charge in [-0.25, -0.2) is 4.79 Å². The summed E-state index contributed by atoms with van der Waals surface area (Å²) in [5.74, 6) is 6.60. The van der Waals surface area contributed by atoms with Crippen molar-refractivity contribution >= 4 is 23.1 Å². The Morgan fingerprint density at radius 1 is 1.12 bits per heavy atom. The second-order valence-electron chi connectivity index (χ2n) is 14.4. The number of ether oxygens (including phenoxy) is 2. The number of carbonyl (C=O) groups excluding carboxylic acids is 1. The zero-order chi connectivity index (χ0) is 29.0. The minimum absolute atomic E-state index is 0.0401. The molecule has 0 aromatic carbocycles. The van der Waals surface area contributed by atoms with Gasteiger partial charge in [-0.1, -0.05) is 11.8 Å². The Balaban J connectivity index is 1.20. The van der Waals surface area contributed by atoms with Crippen molar-refractivity contribution in [3.8, 4) is 11.8 Å². The smallest absolute Gasteiger partial charge is 0.410 e. The molecule has 3 saturated carbocycles. The fourth-order valence-electron chi connectivity index (χ4n) is 7.14. The van der Waals surface area contributed by atoms with Crippen LogP contribution in [0.2, 0.25) is 0 Å². The maximum absolute atomic E-state index is 13.0. The summed E-state index contributed by atoms with van der Waals surface area (Å²) in [5, 5.41) is 32.7. The second kappa shape index (κ2) is 11.0. The highest BCUT2D eigenvalue weighted by Crippen LogP contribution is 2.58. The van der Waals surface area contributed by atoms with Crippen LogP contribution in [-0.4, -0.2) is 71.0 Å². The van der Waals surface area contributed by atoms with E-state index >= 15 is 0 Å². The van der Waals surface area contributed by atoms with Crippen molar-refractivity contribution in [3.05, 3.63) is 15.8 Å². The van der Waals surface area contributed by atoms with E-state index in [4.69, 9.17) is 9.47 Å². The molecule has 0 bridgehead atoms. The Bertz CT molecular complexity index is 1170. The van der Waals surface area contributed by atoms with E-state index in [0.717, 1.165) is 50.0 Å². The first-order valence-corrected chi connectivity index (χ1v) is 16.3. The molecule has 3 atom stereocenters. The fraction of sp³-hybridized carbons (Fsp3) is 0.781. The summed E-state index contributed by atoms with van der Waals surface area (Å²) in [7, 11) is 0. The standard InChI is InChI=1S/C32H46N2O6S/c1-30(2,3)9-6-23-18-24(26(41-23)28(36)37)34(27(35)21-4-10-31(11-5-21)12-13-31)22-7-15-33(16-8-22)29(38)40-25-19-32(25)14-17-39-20-32/h18,21-22,25,27-28,35-37H,4-5,7-8,10-17,19-20H2,1-3H3. The van der Waals surface area contributed by atoms with E-state index < -0.39 is 12.5 Å². The summed E-state index contributed by atoms with van der Waals surface area (Å²) < 4.78 is 11.4. The number of piperidine rings is 1. The van der Waals surface area contributed by atoms with E-state index in [-0.39, 0.29) is 35.0 Å². The monoisotopic (exact) mass is 586 g/mol. The number of hydrogen-bond donors (Lipinski definition) is 3. The Hall–Kier alpha value is -1.83. The topological polar surface area (TPSA) is 103 Å². The molecule has 41 heavy (non-hydrogen) atoms. The molecule has 226 valence electrons. The molecule has 3 heterocycles. The van der Waals surface area contributed by atoms with Gasteiger partial charge < -0.3 is 34.6 Å². The van der Waals surface area contributed by atoms with Gasteiger partial charge in [0.05, 0.1) is 22.0 Å². The zero-order valence-corrected chi connectivity index (χ0v) is 25.5. The SMILES string of the molecule is CC(C)(C)C#Cc1cc(N(C2CCN(C(=O)OC3CC34CCOC4)CC2)C(O)C2CCC3(CC2)CC3)c(C(O)O)s1. The number of amides is 1. The first kappa shape index (κ1) is 29.3. The number of aliphatic hydroxyl groups excluding tert-OH is 2. The first-order valence-electron chi connectivity index (χ1n) is 15.5. The molecule has 2 aliphatic heterocycles. The molecule has 0 radical (unpaired) electrons. The van der Waals surface area contributed by atoms with E-state index in [2.05, 4.69) is 11.8 Å². The molecular weight excluding hydrogens is 540 g/mol. The van der Waals surface area contributed by atoms with Crippen LogP contribution in [0.5, 0.6) is 0 Å². The fourth-order valence-corrected chi connectivity index (χ4v) is 8.02. The Morgan fingerprint density at radius 3 is 2.41 bits per heavy atom. The molecule has 8 nitrogen and oxygen atoms in total. The molecule has 1 aromatic heterocycles. The lowest BCUT2D eigenvalue weighted by Crippen LogP contribution is -2.53. The summed E-state index contributed by atoms with van der Waals surface area (Å²) >= 11 is 1.28. The lowest BCUT2D eigenvalue weighted by Gasteiger charge is -2.45. The molecule has 9 heteroatoms. The number of hydrogen-bond acceptors (Lipinski definition) is 8. The summed E-state index contributed by atoms with van der Waals surface area (Å²) in [4.78, 5) is 18.0. The molecular formula is C32H46N2O6S. The van der Waals surface area contributed by atoms with Crippen LogP contribution >= 0.6 is 11.3 Å². The second-order valence-corrected chi connectivity index (χ2v) is 15.4. The highest BCUT2D eigenvalue weighted by Gasteiger charge is 2.59. The molecule has 1 aromatic rings. The summed E-state index contributed by atoms with van der Waals surface area (Å²) in [6, 6.07) is 1.88. The number of thiophene rings is 1. The lowest BCUT2D eigenvalue weighted by atomic mass is 9.78. The Kier molecular flexibility index (Phi) is 7.86. The number of aliphatic hydroxyl groups is 3. The summed E-state index contributed by atoms with van der Waals surface area (Å²) in [6.45, 7) is 8.64. The highest BCUT2D eigenvalue weighted by atomic mass is 32.1. The van der Waals surface area contributed by atoms with Crippen molar-refractivity contribution < 1.29 is 29.6 Å². The maximum atomic E-state index is 13.0. The number of likely N-dealkylation sites (tertiary alicyclic amines) is 1. The van der Waals surface area contributed by atoms with Gasteiger partial charge in [0.15, 0.2) is 6.29 Å². The zero-order valence-electron chi connectivity index (χ0n) is 24.7. The van der Waals surface area contributed by atoms with Gasteiger partial charge in [-0.2, -0.15) is 0 Å². The maximum Gasteiger partial charge on any atom is 0.410 e. The molecule has 2 spiro atoms. The molecule has 6 rings (SSSR count). The number of nitrogens with zero attached hydrogens (tertiary/aromatic N) is 2. The van der Waals surface area contributed by atoms with Gasteiger partial charge in [0.1, 0.15) is 12.3 Å². The number of carbonyl (C=O) groups is 1. The van der Waals surface area contributed by atoms with Crippen molar-refractivity contribution in [2.24, 2.45) is 22.2 Å². The predicted molar refractivity (Wildman–Crippen MR) is 157 cm³/mol. The van der Waals surface area contributed by atoms with Crippen LogP contribution in [0, 0.1) is 34.0 Å². The van der Waals surface area contributed by atoms with E-state index in [9.17, 15) is 20.1 Å². The van der Waals surface area contributed by atoms with Crippen LogP contribution in [0.25, 0.3) is 0 Å². The van der Waals surface area contributed by atoms with Gasteiger partial charge in [0, 0.05) is 42.5 Å². The highest BCUT2D eigenvalue weighted by molar-refractivity contribution is 7.13. The average molecular weight is 587 g/mol. The van der Waals surface area contributed by atoms with Crippen LogP contribution in [-0.2, 0) is 9.47 Å². The van der Waals surface area contributed by atoms with Crippen molar-refractivity contribution in [2.45, 2.75) is 110 Å². The largest absolute Gasteiger partial charge is 0.445 e. The third kappa shape index (κ3) is 6.28. The van der Waals surface area contributed by atoms with E-state index in [1.54, 1.807) is 4.90 Å². The van der Waals surface area contributed by atoms with E-state index in [1.807, 2.05) is 31.7 Å². The number of anilines is 1. The third-order valence-electron chi connectivity index (χ3n) is 10.2.